The van der Waals surface area contributed by atoms with E-state index in [0.29, 0.717) is 12.2 Å². The highest BCUT2D eigenvalue weighted by Gasteiger charge is 2.29. The van der Waals surface area contributed by atoms with E-state index < -0.39 is 5.82 Å². The van der Waals surface area contributed by atoms with Crippen molar-refractivity contribution in [3.05, 3.63) is 29.0 Å². The number of likely N-dealkylation sites (tertiary alicyclic amines) is 1. The number of hydrogen-bond acceptors (Lipinski definition) is 3. The molecule has 2 N–H and O–H groups in total. The van der Waals surface area contributed by atoms with Crippen molar-refractivity contribution in [1.29, 1.82) is 0 Å². The Morgan fingerprint density at radius 1 is 1.50 bits per heavy atom. The van der Waals surface area contributed by atoms with Crippen molar-refractivity contribution < 1.29 is 14.3 Å². The topological polar surface area (TPSA) is 52.6 Å². The van der Waals surface area contributed by atoms with Crippen LogP contribution >= 0.6 is 11.6 Å². The Labute approximate surface area is 135 Å². The number of rotatable bonds is 4. The molecule has 1 aliphatic rings. The number of halogens is 2. The van der Waals surface area contributed by atoms with Crippen LogP contribution in [0.15, 0.2) is 18.2 Å². The van der Waals surface area contributed by atoms with E-state index >= 15 is 0 Å². The van der Waals surface area contributed by atoms with Crippen molar-refractivity contribution in [3.8, 4) is 0 Å². The highest BCUT2D eigenvalue weighted by Crippen LogP contribution is 2.24. The van der Waals surface area contributed by atoms with E-state index in [-0.39, 0.29) is 29.0 Å². The Kier molecular flexibility index (Phi) is 5.78. The average molecular weight is 329 g/mol. The van der Waals surface area contributed by atoms with Crippen LogP contribution < -0.4 is 5.32 Å². The van der Waals surface area contributed by atoms with Crippen LogP contribution in [-0.2, 0) is 4.79 Å². The molecule has 1 amide bonds. The van der Waals surface area contributed by atoms with E-state index in [4.69, 9.17) is 11.6 Å². The lowest BCUT2D eigenvalue weighted by atomic mass is 9.92. The first-order valence-corrected chi connectivity index (χ1v) is 7.94. The molecule has 1 aliphatic heterocycles. The molecule has 0 bridgehead atoms. The van der Waals surface area contributed by atoms with E-state index in [2.05, 4.69) is 10.2 Å². The van der Waals surface area contributed by atoms with Crippen LogP contribution in [0.5, 0.6) is 0 Å². The predicted molar refractivity (Wildman–Crippen MR) is 85.5 cm³/mol. The number of nitrogens with zero attached hydrogens (tertiary/aromatic N) is 1. The third kappa shape index (κ3) is 4.18. The van der Waals surface area contributed by atoms with Crippen LogP contribution in [0.2, 0.25) is 5.02 Å². The van der Waals surface area contributed by atoms with Crippen molar-refractivity contribution >= 4 is 23.2 Å². The molecule has 0 aliphatic carbocycles. The average Bonchev–Trinajstić information content (AvgIpc) is 2.49. The maximum Gasteiger partial charge on any atom is 0.241 e. The summed E-state index contributed by atoms with van der Waals surface area (Å²) >= 11 is 5.93. The molecule has 22 heavy (non-hydrogen) atoms. The molecular formula is C16H22ClFN2O2. The summed E-state index contributed by atoms with van der Waals surface area (Å²) in [6.07, 6.45) is 1.57. The second kappa shape index (κ2) is 7.40. The maximum absolute atomic E-state index is 13.0. The molecule has 0 spiro atoms. The van der Waals surface area contributed by atoms with Gasteiger partial charge < -0.3 is 10.4 Å². The summed E-state index contributed by atoms with van der Waals surface area (Å²) < 4.78 is 13.0. The summed E-state index contributed by atoms with van der Waals surface area (Å²) in [5, 5.41) is 12.7. The van der Waals surface area contributed by atoms with Gasteiger partial charge in [0.05, 0.1) is 22.9 Å². The second-order valence-electron chi connectivity index (χ2n) is 5.93. The first kappa shape index (κ1) is 17.2. The van der Waals surface area contributed by atoms with Gasteiger partial charge in [-0.1, -0.05) is 11.6 Å². The van der Waals surface area contributed by atoms with Crippen LogP contribution in [-0.4, -0.2) is 41.1 Å². The summed E-state index contributed by atoms with van der Waals surface area (Å²) in [5.74, 6) is -0.426. The monoisotopic (exact) mass is 328 g/mol. The minimum atomic E-state index is -0.438. The first-order chi connectivity index (χ1) is 10.4. The Bertz CT molecular complexity index is 539. The Balaban J connectivity index is 1.99. The number of piperidine rings is 1. The fourth-order valence-electron chi connectivity index (χ4n) is 2.78. The zero-order valence-electron chi connectivity index (χ0n) is 12.9. The highest BCUT2D eigenvalue weighted by atomic mass is 35.5. The SMILES string of the molecule is CC(O)C1CCCN(C(C)C(=O)Nc2ccc(F)cc2Cl)C1. The van der Waals surface area contributed by atoms with Gasteiger partial charge in [-0.15, -0.1) is 0 Å². The van der Waals surface area contributed by atoms with Gasteiger partial charge in [0.15, 0.2) is 0 Å². The van der Waals surface area contributed by atoms with Gasteiger partial charge in [0.1, 0.15) is 5.82 Å². The molecule has 1 saturated heterocycles. The molecule has 122 valence electrons. The molecule has 2 rings (SSSR count). The molecule has 1 heterocycles. The number of carbonyl (C=O) groups is 1. The van der Waals surface area contributed by atoms with Gasteiger partial charge in [0.25, 0.3) is 0 Å². The maximum atomic E-state index is 13.0. The molecule has 3 unspecified atom stereocenters. The van der Waals surface area contributed by atoms with E-state index in [0.717, 1.165) is 19.4 Å². The van der Waals surface area contributed by atoms with E-state index in [1.165, 1.54) is 18.2 Å². The number of anilines is 1. The Hall–Kier alpha value is -1.17. The van der Waals surface area contributed by atoms with Gasteiger partial charge in [-0.2, -0.15) is 0 Å². The van der Waals surface area contributed by atoms with E-state index in [1.54, 1.807) is 6.92 Å². The molecule has 1 aromatic carbocycles. The molecule has 0 aromatic heterocycles. The zero-order valence-corrected chi connectivity index (χ0v) is 13.6. The number of amides is 1. The van der Waals surface area contributed by atoms with Crippen LogP contribution in [0, 0.1) is 11.7 Å². The predicted octanol–water partition coefficient (Wildman–Crippen LogP) is 2.90. The zero-order chi connectivity index (χ0) is 16.3. The summed E-state index contributed by atoms with van der Waals surface area (Å²) in [4.78, 5) is 14.4. The smallest absolute Gasteiger partial charge is 0.241 e. The molecule has 4 nitrogen and oxygen atoms in total. The summed E-state index contributed by atoms with van der Waals surface area (Å²) in [5.41, 5.74) is 0.406. The molecule has 6 heteroatoms. The normalized spacial score (nSPS) is 22.1. The summed E-state index contributed by atoms with van der Waals surface area (Å²) in [6.45, 7) is 5.15. The third-order valence-electron chi connectivity index (χ3n) is 4.29. The summed E-state index contributed by atoms with van der Waals surface area (Å²) in [6, 6.07) is 3.56. The van der Waals surface area contributed by atoms with Gasteiger partial charge in [0, 0.05) is 6.54 Å². The van der Waals surface area contributed by atoms with Crippen LogP contribution in [0.4, 0.5) is 10.1 Å². The lowest BCUT2D eigenvalue weighted by Gasteiger charge is -2.37. The Morgan fingerprint density at radius 2 is 2.23 bits per heavy atom. The highest BCUT2D eigenvalue weighted by molar-refractivity contribution is 6.33. The fourth-order valence-corrected chi connectivity index (χ4v) is 2.99. The number of aliphatic hydroxyl groups is 1. The number of benzene rings is 1. The van der Waals surface area contributed by atoms with Crippen molar-refractivity contribution in [1.82, 2.24) is 4.90 Å². The van der Waals surface area contributed by atoms with Crippen molar-refractivity contribution in [2.45, 2.75) is 38.8 Å². The first-order valence-electron chi connectivity index (χ1n) is 7.56. The number of hydrogen-bond donors (Lipinski definition) is 2. The largest absolute Gasteiger partial charge is 0.393 e. The van der Waals surface area contributed by atoms with Gasteiger partial charge >= 0.3 is 0 Å². The van der Waals surface area contributed by atoms with Crippen molar-refractivity contribution in [3.63, 3.8) is 0 Å². The van der Waals surface area contributed by atoms with Gasteiger partial charge in [0.2, 0.25) is 5.91 Å². The molecule has 0 radical (unpaired) electrons. The van der Waals surface area contributed by atoms with Gasteiger partial charge in [-0.25, -0.2) is 4.39 Å². The van der Waals surface area contributed by atoms with E-state index in [9.17, 15) is 14.3 Å². The minimum absolute atomic E-state index is 0.181. The third-order valence-corrected chi connectivity index (χ3v) is 4.60. The number of nitrogens with one attached hydrogen (secondary N) is 1. The van der Waals surface area contributed by atoms with E-state index in [1.807, 2.05) is 6.92 Å². The van der Waals surface area contributed by atoms with Crippen molar-refractivity contribution in [2.24, 2.45) is 5.92 Å². The summed E-state index contributed by atoms with van der Waals surface area (Å²) in [7, 11) is 0. The quantitative estimate of drug-likeness (QED) is 0.893. The van der Waals surface area contributed by atoms with Crippen molar-refractivity contribution in [2.75, 3.05) is 18.4 Å². The minimum Gasteiger partial charge on any atom is -0.393 e. The van der Waals surface area contributed by atoms with Gasteiger partial charge in [-0.05, 0) is 57.4 Å². The lowest BCUT2D eigenvalue weighted by Crippen LogP contribution is -2.48. The molecule has 1 aromatic rings. The molecule has 3 atom stereocenters. The lowest BCUT2D eigenvalue weighted by molar-refractivity contribution is -0.121. The molecule has 0 saturated carbocycles. The van der Waals surface area contributed by atoms with Crippen LogP contribution in [0.3, 0.4) is 0 Å². The standard InChI is InChI=1S/C16H22ClFN2O2/c1-10(20-7-3-4-12(9-20)11(2)21)16(22)19-15-6-5-13(18)8-14(15)17/h5-6,8,10-12,21H,3-4,7,9H2,1-2H3,(H,19,22). The number of carbonyl (C=O) groups excluding carboxylic acids is 1. The second-order valence-corrected chi connectivity index (χ2v) is 6.33. The Morgan fingerprint density at radius 3 is 2.86 bits per heavy atom. The van der Waals surface area contributed by atoms with Crippen LogP contribution in [0.1, 0.15) is 26.7 Å². The number of aliphatic hydroxyl groups excluding tert-OH is 1. The van der Waals surface area contributed by atoms with Crippen LogP contribution in [0.25, 0.3) is 0 Å². The molecular weight excluding hydrogens is 307 g/mol. The van der Waals surface area contributed by atoms with Gasteiger partial charge in [-0.3, -0.25) is 9.69 Å². The fraction of sp³-hybridized carbons (Fsp3) is 0.562. The molecule has 1 fully saturated rings.